The molecule has 0 bridgehead atoms. The number of carbonyl (C=O) groups is 3. The van der Waals surface area contributed by atoms with Gasteiger partial charge in [-0.25, -0.2) is 0 Å². The Morgan fingerprint density at radius 1 is 1.36 bits per heavy atom. The Labute approximate surface area is 171 Å². The van der Waals surface area contributed by atoms with Gasteiger partial charge in [0.15, 0.2) is 0 Å². The van der Waals surface area contributed by atoms with Gasteiger partial charge in [-0.05, 0) is 37.6 Å². The van der Waals surface area contributed by atoms with E-state index in [2.05, 4.69) is 5.32 Å². The van der Waals surface area contributed by atoms with Crippen molar-refractivity contribution < 1.29 is 19.1 Å². The first kappa shape index (κ1) is 20.2. The normalized spacial score (nSPS) is 16.4. The van der Waals surface area contributed by atoms with E-state index >= 15 is 0 Å². The zero-order valence-corrected chi connectivity index (χ0v) is 17.2. The maximum atomic E-state index is 12.8. The van der Waals surface area contributed by atoms with Gasteiger partial charge in [0.1, 0.15) is 10.8 Å². The molecular weight excluding hydrogens is 402 g/mol. The lowest BCUT2D eigenvalue weighted by Crippen LogP contribution is -2.28. The number of methoxy groups -OCH3 is 1. The average molecular weight is 422 g/mol. The number of hydrogen-bond donors (Lipinski definition) is 2. The van der Waals surface area contributed by atoms with Gasteiger partial charge in [-0.3, -0.25) is 14.4 Å². The minimum atomic E-state index is -0.593. The van der Waals surface area contributed by atoms with Gasteiger partial charge in [-0.2, -0.15) is 0 Å². The van der Waals surface area contributed by atoms with E-state index < -0.39 is 11.8 Å². The van der Waals surface area contributed by atoms with E-state index in [0.717, 1.165) is 10.4 Å². The van der Waals surface area contributed by atoms with Gasteiger partial charge in [0.2, 0.25) is 11.8 Å². The molecule has 1 aromatic carbocycles. The molecule has 3 rings (SSSR count). The highest BCUT2D eigenvalue weighted by atomic mass is 35.5. The monoisotopic (exact) mass is 421 g/mol. The second-order valence-electron chi connectivity index (χ2n) is 6.56. The molecule has 1 aromatic heterocycles. The Bertz CT molecular complexity index is 972. The van der Waals surface area contributed by atoms with Crippen molar-refractivity contribution in [1.29, 1.82) is 0 Å². The van der Waals surface area contributed by atoms with Crippen LogP contribution in [-0.2, 0) is 9.59 Å². The summed E-state index contributed by atoms with van der Waals surface area (Å²) in [5, 5.41) is 3.65. The van der Waals surface area contributed by atoms with Gasteiger partial charge in [0.05, 0.1) is 24.3 Å². The Kier molecular flexibility index (Phi) is 5.62. The van der Waals surface area contributed by atoms with Crippen molar-refractivity contribution >= 4 is 51.3 Å². The summed E-state index contributed by atoms with van der Waals surface area (Å²) in [4.78, 5) is 39.4. The number of ether oxygens (including phenoxy) is 1. The first-order valence-electron chi connectivity index (χ1n) is 8.57. The number of anilines is 2. The zero-order chi connectivity index (χ0) is 20.6. The van der Waals surface area contributed by atoms with Crippen molar-refractivity contribution in [3.05, 3.63) is 39.2 Å². The number of amides is 3. The minimum absolute atomic E-state index is 0.0523. The number of thiophene rings is 1. The SMILES string of the molecule is COc1ccc(Cl)cc1N1CC(C(=O)Nc2sc(C)c(C)c2C(N)=O)CC1=O. The van der Waals surface area contributed by atoms with Crippen LogP contribution in [0.3, 0.4) is 0 Å². The molecule has 2 aromatic rings. The van der Waals surface area contributed by atoms with Crippen molar-refractivity contribution in [2.24, 2.45) is 11.7 Å². The highest BCUT2D eigenvalue weighted by molar-refractivity contribution is 7.16. The summed E-state index contributed by atoms with van der Waals surface area (Å²) >= 11 is 7.35. The molecular formula is C19H20ClN3O4S. The van der Waals surface area contributed by atoms with Crippen molar-refractivity contribution in [3.63, 3.8) is 0 Å². The molecule has 2 heterocycles. The first-order valence-corrected chi connectivity index (χ1v) is 9.77. The van der Waals surface area contributed by atoms with E-state index in [4.69, 9.17) is 22.1 Å². The molecule has 0 radical (unpaired) electrons. The standard InChI is InChI=1S/C19H20ClN3O4S/c1-9-10(2)28-19(16(9)17(21)25)22-18(26)11-6-15(24)23(8-11)13-7-12(20)4-5-14(13)27-3/h4-5,7,11H,6,8H2,1-3H3,(H2,21,25)(H,22,26). The van der Waals surface area contributed by atoms with Crippen LogP contribution in [0.15, 0.2) is 18.2 Å². The summed E-state index contributed by atoms with van der Waals surface area (Å²) in [6, 6.07) is 4.98. The summed E-state index contributed by atoms with van der Waals surface area (Å²) in [5.41, 5.74) is 7.04. The van der Waals surface area contributed by atoms with Gasteiger partial charge in [-0.1, -0.05) is 11.6 Å². The number of benzene rings is 1. The second-order valence-corrected chi connectivity index (χ2v) is 8.22. The lowest BCUT2D eigenvalue weighted by Gasteiger charge is -2.19. The summed E-state index contributed by atoms with van der Waals surface area (Å²) < 4.78 is 5.31. The van der Waals surface area contributed by atoms with Gasteiger partial charge in [-0.15, -0.1) is 11.3 Å². The summed E-state index contributed by atoms with van der Waals surface area (Å²) in [7, 11) is 1.50. The molecule has 0 saturated carbocycles. The van der Waals surface area contributed by atoms with E-state index in [1.807, 2.05) is 6.92 Å². The third-order valence-corrected chi connectivity index (χ3v) is 6.15. The second kappa shape index (κ2) is 7.81. The largest absolute Gasteiger partial charge is 0.495 e. The lowest BCUT2D eigenvalue weighted by molar-refractivity contribution is -0.122. The van der Waals surface area contributed by atoms with E-state index in [9.17, 15) is 14.4 Å². The van der Waals surface area contributed by atoms with Gasteiger partial charge in [0, 0.05) is 22.9 Å². The number of nitrogens with one attached hydrogen (secondary N) is 1. The van der Waals surface area contributed by atoms with E-state index in [-0.39, 0.29) is 24.8 Å². The molecule has 1 saturated heterocycles. The molecule has 1 aliphatic rings. The van der Waals surface area contributed by atoms with E-state index in [1.54, 1.807) is 25.1 Å². The molecule has 1 atom stereocenters. The number of nitrogens with zero attached hydrogens (tertiary/aromatic N) is 1. The number of aryl methyl sites for hydroxylation is 1. The van der Waals surface area contributed by atoms with Crippen LogP contribution in [-0.4, -0.2) is 31.4 Å². The minimum Gasteiger partial charge on any atom is -0.495 e. The molecule has 0 aliphatic carbocycles. The molecule has 3 amide bonds. The van der Waals surface area contributed by atoms with Crippen LogP contribution < -0.4 is 20.7 Å². The van der Waals surface area contributed by atoms with Gasteiger partial charge in [0.25, 0.3) is 5.91 Å². The summed E-state index contributed by atoms with van der Waals surface area (Å²) in [6.07, 6.45) is 0.0523. The quantitative estimate of drug-likeness (QED) is 0.774. The smallest absolute Gasteiger partial charge is 0.251 e. The Hall–Kier alpha value is -2.58. The van der Waals surface area contributed by atoms with Crippen LogP contribution in [0, 0.1) is 19.8 Å². The topological polar surface area (TPSA) is 102 Å². The van der Waals surface area contributed by atoms with Crippen LogP contribution in [0.4, 0.5) is 10.7 Å². The molecule has 1 unspecified atom stereocenters. The van der Waals surface area contributed by atoms with Gasteiger partial charge >= 0.3 is 0 Å². The van der Waals surface area contributed by atoms with E-state index in [0.29, 0.717) is 27.0 Å². The molecule has 28 heavy (non-hydrogen) atoms. The van der Waals surface area contributed by atoms with Crippen molar-refractivity contribution in [2.45, 2.75) is 20.3 Å². The van der Waals surface area contributed by atoms with Crippen LogP contribution in [0.1, 0.15) is 27.2 Å². The predicted molar refractivity (Wildman–Crippen MR) is 109 cm³/mol. The average Bonchev–Trinajstić information content (AvgIpc) is 3.15. The maximum Gasteiger partial charge on any atom is 0.251 e. The number of halogens is 1. The molecule has 148 valence electrons. The fraction of sp³-hybridized carbons (Fsp3) is 0.316. The third kappa shape index (κ3) is 3.70. The first-order chi connectivity index (χ1) is 13.2. The van der Waals surface area contributed by atoms with Crippen molar-refractivity contribution in [1.82, 2.24) is 0 Å². The number of hydrogen-bond acceptors (Lipinski definition) is 5. The maximum absolute atomic E-state index is 12.8. The number of carbonyl (C=O) groups excluding carboxylic acids is 3. The number of rotatable bonds is 5. The Morgan fingerprint density at radius 2 is 2.07 bits per heavy atom. The van der Waals surface area contributed by atoms with Crippen molar-refractivity contribution in [3.8, 4) is 5.75 Å². The highest BCUT2D eigenvalue weighted by Crippen LogP contribution is 2.36. The van der Waals surface area contributed by atoms with E-state index in [1.165, 1.54) is 23.3 Å². The molecule has 3 N–H and O–H groups in total. The molecule has 9 heteroatoms. The molecule has 1 fully saturated rings. The molecule has 1 aliphatic heterocycles. The van der Waals surface area contributed by atoms with Crippen LogP contribution in [0.2, 0.25) is 5.02 Å². The molecule has 0 spiro atoms. The van der Waals surface area contributed by atoms with Gasteiger partial charge < -0.3 is 20.7 Å². The lowest BCUT2D eigenvalue weighted by atomic mass is 10.1. The predicted octanol–water partition coefficient (Wildman–Crippen LogP) is 3.12. The van der Waals surface area contributed by atoms with Crippen molar-refractivity contribution in [2.75, 3.05) is 23.9 Å². The third-order valence-electron chi connectivity index (χ3n) is 4.80. The number of primary amides is 1. The highest BCUT2D eigenvalue weighted by Gasteiger charge is 2.37. The Morgan fingerprint density at radius 3 is 2.71 bits per heavy atom. The number of nitrogens with two attached hydrogens (primary N) is 1. The van der Waals surface area contributed by atoms with Crippen LogP contribution in [0.25, 0.3) is 0 Å². The van der Waals surface area contributed by atoms with Crippen LogP contribution in [0.5, 0.6) is 5.75 Å². The van der Waals surface area contributed by atoms with Crippen LogP contribution >= 0.6 is 22.9 Å². The fourth-order valence-corrected chi connectivity index (χ4v) is 4.45. The molecule has 7 nitrogen and oxygen atoms in total. The fourth-order valence-electron chi connectivity index (χ4n) is 3.22. The summed E-state index contributed by atoms with van der Waals surface area (Å²) in [5.74, 6) is -1.20. The summed E-state index contributed by atoms with van der Waals surface area (Å²) in [6.45, 7) is 3.83. The Balaban J connectivity index is 1.81. The zero-order valence-electron chi connectivity index (χ0n) is 15.7.